The second kappa shape index (κ2) is 6.78. The van der Waals surface area contributed by atoms with Crippen LogP contribution in [0.15, 0.2) is 46.0 Å². The maximum Gasteiger partial charge on any atom is 0.258 e. The number of halogens is 1. The van der Waals surface area contributed by atoms with Crippen LogP contribution in [0.3, 0.4) is 0 Å². The van der Waals surface area contributed by atoms with Gasteiger partial charge in [-0.2, -0.15) is 11.3 Å². The van der Waals surface area contributed by atoms with Gasteiger partial charge in [0, 0.05) is 28.6 Å². The first-order valence-corrected chi connectivity index (χ1v) is 9.83. The summed E-state index contributed by atoms with van der Waals surface area (Å²) in [4.78, 5) is 20.2. The van der Waals surface area contributed by atoms with Crippen molar-refractivity contribution < 1.29 is 4.39 Å². The fourth-order valence-electron chi connectivity index (χ4n) is 3.12. The summed E-state index contributed by atoms with van der Waals surface area (Å²) < 4.78 is 14.0. The van der Waals surface area contributed by atoms with Crippen molar-refractivity contribution in [1.82, 2.24) is 9.97 Å². The summed E-state index contributed by atoms with van der Waals surface area (Å²) in [6.07, 6.45) is 1.68. The molecule has 2 N–H and O–H groups in total. The van der Waals surface area contributed by atoms with Gasteiger partial charge < -0.3 is 10.3 Å². The number of benzene rings is 1. The van der Waals surface area contributed by atoms with Crippen molar-refractivity contribution in [2.24, 2.45) is 5.92 Å². The predicted molar refractivity (Wildman–Crippen MR) is 111 cm³/mol. The smallest absolute Gasteiger partial charge is 0.258 e. The average Bonchev–Trinajstić information content (AvgIpc) is 3.15. The maximum atomic E-state index is 14.0. The van der Waals surface area contributed by atoms with E-state index in [0.717, 1.165) is 16.5 Å². The molecule has 4 rings (SSSR count). The number of fused-ring (bicyclic) bond motifs is 3. The van der Waals surface area contributed by atoms with Crippen LogP contribution >= 0.6 is 11.3 Å². The molecule has 0 aliphatic rings. The monoisotopic (exact) mass is 381 g/mol. The largest absolute Gasteiger partial charge is 0.367 e. The summed E-state index contributed by atoms with van der Waals surface area (Å²) in [5.41, 5.74) is 2.12. The molecule has 0 fully saturated rings. The van der Waals surface area contributed by atoms with Gasteiger partial charge in [-0.1, -0.05) is 13.8 Å². The molecule has 3 heterocycles. The number of aromatic nitrogens is 2. The van der Waals surface area contributed by atoms with Crippen LogP contribution in [0.5, 0.6) is 0 Å². The van der Waals surface area contributed by atoms with Crippen LogP contribution in [0.1, 0.15) is 20.8 Å². The second-order valence-corrected chi connectivity index (χ2v) is 7.87. The molecule has 0 saturated carbocycles. The van der Waals surface area contributed by atoms with Crippen molar-refractivity contribution in [3.05, 3.63) is 57.4 Å². The number of nitrogens with one attached hydrogen (secondary N) is 2. The fourth-order valence-corrected chi connectivity index (χ4v) is 3.77. The Kier molecular flexibility index (Phi) is 4.44. The van der Waals surface area contributed by atoms with Gasteiger partial charge in [-0.3, -0.25) is 4.79 Å². The molecule has 3 aromatic heterocycles. The molecule has 6 heteroatoms. The third kappa shape index (κ3) is 3.10. The molecule has 0 saturated heterocycles. The first-order valence-electron chi connectivity index (χ1n) is 8.89. The minimum Gasteiger partial charge on any atom is -0.367 e. The summed E-state index contributed by atoms with van der Waals surface area (Å²) in [6.45, 7) is 6.34. The van der Waals surface area contributed by atoms with Gasteiger partial charge in [0.1, 0.15) is 11.6 Å². The Labute approximate surface area is 160 Å². The highest BCUT2D eigenvalue weighted by atomic mass is 32.1. The number of thiophene rings is 1. The number of rotatable bonds is 4. The van der Waals surface area contributed by atoms with Crippen LogP contribution < -0.4 is 10.9 Å². The van der Waals surface area contributed by atoms with Gasteiger partial charge in [-0.05, 0) is 53.4 Å². The standard InChI is InChI=1S/C21H20FN3OS/c1-11(2)12(3)24-20-15-5-4-14(22)8-16(15)18-19(25-20)17(9-23-21(18)26)13-6-7-27-10-13/h4-12H,1-3H3,(H,23,26)(H,24,25)/t12-/m1/s1. The Balaban J connectivity index is 2.11. The molecular formula is C21H20FN3OS. The van der Waals surface area contributed by atoms with E-state index in [9.17, 15) is 9.18 Å². The van der Waals surface area contributed by atoms with Crippen LogP contribution in [-0.2, 0) is 0 Å². The Morgan fingerprint density at radius 3 is 2.70 bits per heavy atom. The number of hydrogen-bond acceptors (Lipinski definition) is 4. The zero-order valence-corrected chi connectivity index (χ0v) is 16.2. The van der Waals surface area contributed by atoms with E-state index < -0.39 is 0 Å². The predicted octanol–water partition coefficient (Wildman–Crippen LogP) is 5.40. The van der Waals surface area contributed by atoms with E-state index in [1.165, 1.54) is 12.1 Å². The van der Waals surface area contributed by atoms with Crippen LogP contribution in [0.25, 0.3) is 32.8 Å². The van der Waals surface area contributed by atoms with Gasteiger partial charge in [-0.15, -0.1) is 0 Å². The lowest BCUT2D eigenvalue weighted by Gasteiger charge is -2.20. The number of H-pyrrole nitrogens is 1. The number of nitrogens with zero attached hydrogens (tertiary/aromatic N) is 1. The molecule has 138 valence electrons. The Bertz CT molecular complexity index is 1180. The van der Waals surface area contributed by atoms with E-state index in [2.05, 4.69) is 31.1 Å². The topological polar surface area (TPSA) is 57.8 Å². The van der Waals surface area contributed by atoms with Crippen molar-refractivity contribution in [3.8, 4) is 11.1 Å². The van der Waals surface area contributed by atoms with E-state index in [0.29, 0.717) is 28.0 Å². The summed E-state index contributed by atoms with van der Waals surface area (Å²) in [5, 5.41) is 9.15. The minimum absolute atomic E-state index is 0.176. The van der Waals surface area contributed by atoms with E-state index in [1.807, 2.05) is 16.8 Å². The van der Waals surface area contributed by atoms with E-state index in [4.69, 9.17) is 4.98 Å². The van der Waals surface area contributed by atoms with Crippen molar-refractivity contribution in [2.75, 3.05) is 5.32 Å². The summed E-state index contributed by atoms with van der Waals surface area (Å²) in [6, 6.07) is 6.66. The Hall–Kier alpha value is -2.73. The molecule has 1 aromatic carbocycles. The van der Waals surface area contributed by atoms with Gasteiger partial charge in [0.25, 0.3) is 5.56 Å². The van der Waals surface area contributed by atoms with Gasteiger partial charge in [0.15, 0.2) is 0 Å². The van der Waals surface area contributed by atoms with E-state index in [1.54, 1.807) is 23.6 Å². The van der Waals surface area contributed by atoms with Gasteiger partial charge in [-0.25, -0.2) is 9.37 Å². The zero-order valence-electron chi connectivity index (χ0n) is 15.3. The number of anilines is 1. The lowest BCUT2D eigenvalue weighted by Crippen LogP contribution is -2.22. The molecule has 0 bridgehead atoms. The quantitative estimate of drug-likeness (QED) is 0.465. The molecular weight excluding hydrogens is 361 g/mol. The second-order valence-electron chi connectivity index (χ2n) is 7.09. The highest BCUT2D eigenvalue weighted by molar-refractivity contribution is 7.08. The van der Waals surface area contributed by atoms with Crippen LogP contribution in [0.2, 0.25) is 0 Å². The third-order valence-electron chi connectivity index (χ3n) is 4.99. The Morgan fingerprint density at radius 1 is 1.19 bits per heavy atom. The number of hydrogen-bond donors (Lipinski definition) is 2. The molecule has 4 aromatic rings. The number of pyridine rings is 2. The molecule has 0 amide bonds. The molecule has 0 spiro atoms. The lowest BCUT2D eigenvalue weighted by atomic mass is 10.0. The lowest BCUT2D eigenvalue weighted by molar-refractivity contribution is 0.559. The SMILES string of the molecule is CC(C)[C@@H](C)Nc1nc2c(-c3ccsc3)c[nH]c(=O)c2c2cc(F)ccc12. The van der Waals surface area contributed by atoms with Crippen LogP contribution in [0.4, 0.5) is 10.2 Å². The van der Waals surface area contributed by atoms with Crippen LogP contribution in [0, 0.1) is 11.7 Å². The maximum absolute atomic E-state index is 14.0. The number of aromatic amines is 1. The minimum atomic E-state index is -0.377. The average molecular weight is 381 g/mol. The van der Waals surface area contributed by atoms with Crippen molar-refractivity contribution in [3.63, 3.8) is 0 Å². The first-order chi connectivity index (χ1) is 13.0. The molecule has 0 radical (unpaired) electrons. The van der Waals surface area contributed by atoms with Crippen molar-refractivity contribution in [2.45, 2.75) is 26.8 Å². The van der Waals surface area contributed by atoms with E-state index in [-0.39, 0.29) is 17.4 Å². The molecule has 0 aliphatic heterocycles. The molecule has 0 aliphatic carbocycles. The molecule has 0 unspecified atom stereocenters. The highest BCUT2D eigenvalue weighted by Crippen LogP contribution is 2.34. The third-order valence-corrected chi connectivity index (χ3v) is 5.68. The van der Waals surface area contributed by atoms with Crippen LogP contribution in [-0.4, -0.2) is 16.0 Å². The molecule has 1 atom stereocenters. The fraction of sp³-hybridized carbons (Fsp3) is 0.238. The summed E-state index contributed by atoms with van der Waals surface area (Å²) in [7, 11) is 0. The van der Waals surface area contributed by atoms with Crippen molar-refractivity contribution in [1.29, 1.82) is 0 Å². The zero-order chi connectivity index (χ0) is 19.1. The first kappa shape index (κ1) is 17.7. The molecule has 27 heavy (non-hydrogen) atoms. The molecule has 4 nitrogen and oxygen atoms in total. The highest BCUT2D eigenvalue weighted by Gasteiger charge is 2.18. The van der Waals surface area contributed by atoms with E-state index >= 15 is 0 Å². The van der Waals surface area contributed by atoms with Gasteiger partial charge >= 0.3 is 0 Å². The van der Waals surface area contributed by atoms with Gasteiger partial charge in [0.2, 0.25) is 0 Å². The van der Waals surface area contributed by atoms with Crippen molar-refractivity contribution >= 4 is 38.8 Å². The Morgan fingerprint density at radius 2 is 2.00 bits per heavy atom. The summed E-state index contributed by atoms with van der Waals surface area (Å²) >= 11 is 1.58. The van der Waals surface area contributed by atoms with Gasteiger partial charge in [0.05, 0.1) is 10.9 Å². The summed E-state index contributed by atoms with van der Waals surface area (Å²) in [5.74, 6) is 0.687. The normalized spacial score (nSPS) is 12.8.